The average molecular weight is 307 g/mol. The summed E-state index contributed by atoms with van der Waals surface area (Å²) < 4.78 is 2.29. The van der Waals surface area contributed by atoms with Gasteiger partial charge >= 0.3 is 0 Å². The molecule has 2 nitrogen and oxygen atoms in total. The maximum Gasteiger partial charge on any atom is 0.124 e. The number of aryl methyl sites for hydroxylation is 1. The predicted molar refractivity (Wildman–Crippen MR) is 91.9 cm³/mol. The van der Waals surface area contributed by atoms with Gasteiger partial charge in [0.05, 0.1) is 16.9 Å². The number of unbranched alkanes of at least 4 members (excludes halogenated alkanes) is 7. The molecule has 1 heterocycles. The fourth-order valence-electron chi connectivity index (χ4n) is 2.88. The summed E-state index contributed by atoms with van der Waals surface area (Å²) in [4.78, 5) is 4.61. The van der Waals surface area contributed by atoms with E-state index in [0.717, 1.165) is 17.9 Å². The molecule has 116 valence electrons. The fourth-order valence-corrected chi connectivity index (χ4v) is 3.08. The first kappa shape index (κ1) is 16.4. The first-order chi connectivity index (χ1) is 10.4. The monoisotopic (exact) mass is 306 g/mol. The van der Waals surface area contributed by atoms with Crippen LogP contribution in [0.25, 0.3) is 11.0 Å². The van der Waals surface area contributed by atoms with Gasteiger partial charge in [-0.3, -0.25) is 0 Å². The third-order valence-corrected chi connectivity index (χ3v) is 4.33. The smallest absolute Gasteiger partial charge is 0.124 e. The van der Waals surface area contributed by atoms with Gasteiger partial charge in [-0.1, -0.05) is 64.0 Å². The molecule has 0 amide bonds. The lowest BCUT2D eigenvalue weighted by atomic mass is 10.1. The van der Waals surface area contributed by atoms with Crippen molar-refractivity contribution in [2.45, 2.75) is 70.7 Å². The normalized spacial score (nSPS) is 11.3. The zero-order valence-electron chi connectivity index (χ0n) is 13.2. The first-order valence-electron chi connectivity index (χ1n) is 8.37. The van der Waals surface area contributed by atoms with Gasteiger partial charge < -0.3 is 4.57 Å². The molecule has 0 saturated heterocycles. The number of aromatic nitrogens is 2. The van der Waals surface area contributed by atoms with E-state index < -0.39 is 0 Å². The molecule has 2 aromatic rings. The van der Waals surface area contributed by atoms with Crippen LogP contribution in [0.4, 0.5) is 0 Å². The summed E-state index contributed by atoms with van der Waals surface area (Å²) >= 11 is 6.03. The Morgan fingerprint density at radius 3 is 2.33 bits per heavy atom. The van der Waals surface area contributed by atoms with Gasteiger partial charge in [-0.2, -0.15) is 0 Å². The van der Waals surface area contributed by atoms with E-state index in [9.17, 15) is 0 Å². The van der Waals surface area contributed by atoms with E-state index >= 15 is 0 Å². The number of benzene rings is 1. The summed E-state index contributed by atoms with van der Waals surface area (Å²) in [7, 11) is 0. The van der Waals surface area contributed by atoms with E-state index in [-0.39, 0.29) is 0 Å². The number of halogens is 1. The summed E-state index contributed by atoms with van der Waals surface area (Å²) in [5.74, 6) is 1.49. The molecule has 1 aromatic heterocycles. The van der Waals surface area contributed by atoms with Crippen LogP contribution < -0.4 is 0 Å². The second-order valence-corrected chi connectivity index (χ2v) is 6.04. The second-order valence-electron chi connectivity index (χ2n) is 5.78. The molecular weight excluding hydrogens is 280 g/mol. The second kappa shape index (κ2) is 9.09. The maximum atomic E-state index is 6.03. The summed E-state index contributed by atoms with van der Waals surface area (Å²) in [5.41, 5.74) is 2.28. The molecule has 2 rings (SSSR count). The summed E-state index contributed by atoms with van der Waals surface area (Å²) in [6.07, 6.45) is 10.8. The van der Waals surface area contributed by atoms with Gasteiger partial charge in [0.1, 0.15) is 5.82 Å². The van der Waals surface area contributed by atoms with Gasteiger partial charge in [0.25, 0.3) is 0 Å². The molecule has 1 aromatic carbocycles. The quantitative estimate of drug-likeness (QED) is 0.394. The summed E-state index contributed by atoms with van der Waals surface area (Å²) in [6, 6.07) is 8.32. The Balaban J connectivity index is 1.78. The van der Waals surface area contributed by atoms with Crippen molar-refractivity contribution in [2.24, 2.45) is 0 Å². The lowest BCUT2D eigenvalue weighted by Crippen LogP contribution is -2.02. The van der Waals surface area contributed by atoms with Gasteiger partial charge in [-0.25, -0.2) is 4.98 Å². The van der Waals surface area contributed by atoms with Gasteiger partial charge in [0.15, 0.2) is 0 Å². The Kier molecular flexibility index (Phi) is 7.08. The highest BCUT2D eigenvalue weighted by atomic mass is 35.5. The van der Waals surface area contributed by atoms with E-state index in [1.165, 1.54) is 56.9 Å². The number of fused-ring (bicyclic) bond motifs is 1. The number of imidazole rings is 1. The van der Waals surface area contributed by atoms with E-state index in [1.54, 1.807) is 0 Å². The van der Waals surface area contributed by atoms with Crippen molar-refractivity contribution in [3.05, 3.63) is 30.1 Å². The Labute approximate surface area is 133 Å². The first-order valence-corrected chi connectivity index (χ1v) is 8.90. The minimum absolute atomic E-state index is 0.492. The zero-order chi connectivity index (χ0) is 14.9. The Morgan fingerprint density at radius 2 is 1.62 bits per heavy atom. The van der Waals surface area contributed by atoms with Crippen LogP contribution in [-0.4, -0.2) is 9.55 Å². The summed E-state index contributed by atoms with van der Waals surface area (Å²) in [6.45, 7) is 3.31. The molecule has 0 aliphatic carbocycles. The third-order valence-electron chi connectivity index (χ3n) is 4.09. The number of hydrogen-bond acceptors (Lipinski definition) is 1. The van der Waals surface area contributed by atoms with Crippen molar-refractivity contribution in [3.8, 4) is 0 Å². The van der Waals surface area contributed by atoms with Crippen LogP contribution in [0.15, 0.2) is 24.3 Å². The average Bonchev–Trinajstić information content (AvgIpc) is 2.88. The number of para-hydroxylation sites is 2. The molecule has 0 unspecified atom stereocenters. The molecule has 0 fully saturated rings. The van der Waals surface area contributed by atoms with Crippen molar-refractivity contribution in [1.29, 1.82) is 0 Å². The van der Waals surface area contributed by atoms with Crippen molar-refractivity contribution >= 4 is 22.6 Å². The minimum atomic E-state index is 0.492. The Morgan fingerprint density at radius 1 is 0.952 bits per heavy atom. The van der Waals surface area contributed by atoms with E-state index in [4.69, 9.17) is 11.6 Å². The van der Waals surface area contributed by atoms with Gasteiger partial charge in [0, 0.05) is 6.54 Å². The van der Waals surface area contributed by atoms with Crippen LogP contribution in [0.3, 0.4) is 0 Å². The molecule has 0 aliphatic rings. The number of rotatable bonds is 10. The lowest BCUT2D eigenvalue weighted by Gasteiger charge is -2.07. The maximum absolute atomic E-state index is 6.03. The highest BCUT2D eigenvalue weighted by Crippen LogP contribution is 2.18. The molecule has 21 heavy (non-hydrogen) atoms. The minimum Gasteiger partial charge on any atom is -0.327 e. The van der Waals surface area contributed by atoms with Crippen LogP contribution in [0.2, 0.25) is 0 Å². The predicted octanol–water partition coefficient (Wildman–Crippen LogP) is 5.92. The van der Waals surface area contributed by atoms with Crippen LogP contribution in [0, 0.1) is 0 Å². The van der Waals surface area contributed by atoms with Crippen molar-refractivity contribution in [1.82, 2.24) is 9.55 Å². The zero-order valence-corrected chi connectivity index (χ0v) is 13.9. The molecule has 0 radical (unpaired) electrons. The third kappa shape index (κ3) is 4.74. The standard InChI is InChI=1S/C18H27ClN2/c1-2-3-4-5-6-7-8-11-14-21-17-13-10-9-12-16(17)20-18(21)15-19/h9-10,12-13H,2-8,11,14-15H2,1H3. The van der Waals surface area contributed by atoms with E-state index in [2.05, 4.69) is 34.7 Å². The molecule has 0 bridgehead atoms. The highest BCUT2D eigenvalue weighted by molar-refractivity contribution is 6.16. The number of nitrogens with zero attached hydrogens (tertiary/aromatic N) is 2. The van der Waals surface area contributed by atoms with Crippen molar-refractivity contribution in [2.75, 3.05) is 0 Å². The molecule has 3 heteroatoms. The SMILES string of the molecule is CCCCCCCCCCn1c(CCl)nc2ccccc21. The van der Waals surface area contributed by atoms with Crippen LogP contribution in [-0.2, 0) is 12.4 Å². The number of hydrogen-bond donors (Lipinski definition) is 0. The largest absolute Gasteiger partial charge is 0.327 e. The molecule has 0 saturated carbocycles. The Bertz CT molecular complexity index is 533. The fraction of sp³-hybridized carbons (Fsp3) is 0.611. The number of alkyl halides is 1. The highest BCUT2D eigenvalue weighted by Gasteiger charge is 2.08. The summed E-state index contributed by atoms with van der Waals surface area (Å²) in [5, 5.41) is 0. The Hall–Kier alpha value is -1.02. The molecule has 0 aliphatic heterocycles. The molecule has 0 atom stereocenters. The van der Waals surface area contributed by atoms with Crippen molar-refractivity contribution < 1.29 is 0 Å². The molecular formula is C18H27ClN2. The molecule has 0 spiro atoms. The van der Waals surface area contributed by atoms with Gasteiger partial charge in [0.2, 0.25) is 0 Å². The van der Waals surface area contributed by atoms with Gasteiger partial charge in [-0.05, 0) is 18.6 Å². The van der Waals surface area contributed by atoms with Crippen LogP contribution in [0.1, 0.15) is 64.1 Å². The lowest BCUT2D eigenvalue weighted by molar-refractivity contribution is 0.543. The van der Waals surface area contributed by atoms with Crippen LogP contribution in [0.5, 0.6) is 0 Å². The molecule has 0 N–H and O–H groups in total. The van der Waals surface area contributed by atoms with Crippen LogP contribution >= 0.6 is 11.6 Å². The topological polar surface area (TPSA) is 17.8 Å². The van der Waals surface area contributed by atoms with Crippen molar-refractivity contribution in [3.63, 3.8) is 0 Å². The van der Waals surface area contributed by atoms with E-state index in [0.29, 0.717) is 5.88 Å². The van der Waals surface area contributed by atoms with E-state index in [1.807, 2.05) is 6.07 Å². The van der Waals surface area contributed by atoms with Gasteiger partial charge in [-0.15, -0.1) is 11.6 Å².